The second kappa shape index (κ2) is 8.14. The fourth-order valence-electron chi connectivity index (χ4n) is 3.42. The summed E-state index contributed by atoms with van der Waals surface area (Å²) < 4.78 is 6.72. The van der Waals surface area contributed by atoms with Crippen molar-refractivity contribution >= 4 is 29.4 Å². The van der Waals surface area contributed by atoms with Gasteiger partial charge in [0, 0.05) is 17.0 Å². The number of thioether (sulfide) groups is 1. The van der Waals surface area contributed by atoms with Crippen LogP contribution in [0.2, 0.25) is 0 Å². The van der Waals surface area contributed by atoms with E-state index in [1.807, 2.05) is 13.2 Å². The molecule has 0 radical (unpaired) electrons. The van der Waals surface area contributed by atoms with Gasteiger partial charge >= 0.3 is 5.97 Å². The molecule has 0 bridgehead atoms. The van der Waals surface area contributed by atoms with Crippen LogP contribution < -0.4 is 5.32 Å². The Morgan fingerprint density at radius 1 is 1.32 bits per heavy atom. The van der Waals surface area contributed by atoms with E-state index in [1.165, 1.54) is 11.8 Å². The molecule has 0 aliphatic heterocycles. The third-order valence-corrected chi connectivity index (χ3v) is 5.49. The molecule has 9 nitrogen and oxygen atoms in total. The van der Waals surface area contributed by atoms with Crippen molar-refractivity contribution in [2.75, 3.05) is 12.9 Å². The van der Waals surface area contributed by atoms with Crippen molar-refractivity contribution < 1.29 is 14.3 Å². The van der Waals surface area contributed by atoms with Gasteiger partial charge in [-0.1, -0.05) is 11.8 Å². The third-order valence-electron chi connectivity index (χ3n) is 4.95. The number of aryl methyl sites for hydroxylation is 2. The molecule has 1 fully saturated rings. The molecule has 1 amide bonds. The molecule has 0 saturated heterocycles. The van der Waals surface area contributed by atoms with Crippen molar-refractivity contribution in [3.63, 3.8) is 0 Å². The van der Waals surface area contributed by atoms with Gasteiger partial charge in [-0.05, 0) is 45.8 Å². The molecule has 2 heterocycles. The van der Waals surface area contributed by atoms with E-state index in [9.17, 15) is 14.9 Å². The zero-order valence-electron chi connectivity index (χ0n) is 16.1. The van der Waals surface area contributed by atoms with Crippen molar-refractivity contribution in [3.05, 3.63) is 17.0 Å². The van der Waals surface area contributed by atoms with Crippen molar-refractivity contribution in [2.24, 2.45) is 0 Å². The summed E-state index contributed by atoms with van der Waals surface area (Å²) in [6, 6.07) is 2.18. The fraction of sp³-hybridized carbons (Fsp3) is 0.556. The Morgan fingerprint density at radius 2 is 2.04 bits per heavy atom. The molecule has 28 heavy (non-hydrogen) atoms. The predicted octanol–water partition coefficient (Wildman–Crippen LogP) is 1.50. The minimum atomic E-state index is -0.826. The lowest BCUT2D eigenvalue weighted by atomic mass is 10.00. The van der Waals surface area contributed by atoms with Crippen LogP contribution in [0.1, 0.15) is 42.6 Å². The number of ether oxygens (including phenoxy) is 1. The molecule has 10 heteroatoms. The minimum absolute atomic E-state index is 0.0221. The number of nitrogens with zero attached hydrogens (tertiary/aromatic N) is 5. The Morgan fingerprint density at radius 3 is 2.68 bits per heavy atom. The summed E-state index contributed by atoms with van der Waals surface area (Å²) in [6.07, 6.45) is 4.92. The second-order valence-corrected chi connectivity index (χ2v) is 7.63. The molecule has 0 unspecified atom stereocenters. The van der Waals surface area contributed by atoms with E-state index >= 15 is 0 Å². The Bertz CT molecular complexity index is 958. The van der Waals surface area contributed by atoms with Crippen LogP contribution in [-0.4, -0.2) is 49.9 Å². The smallest absolute Gasteiger partial charge is 0.310 e. The first-order chi connectivity index (χ1) is 13.4. The lowest BCUT2D eigenvalue weighted by molar-refractivity contribution is -0.148. The van der Waals surface area contributed by atoms with Crippen LogP contribution in [0.5, 0.6) is 0 Å². The number of aromatic nitrogens is 4. The fourth-order valence-corrected chi connectivity index (χ4v) is 3.76. The van der Waals surface area contributed by atoms with E-state index in [1.54, 1.807) is 11.4 Å². The van der Waals surface area contributed by atoms with E-state index in [0.29, 0.717) is 35.0 Å². The van der Waals surface area contributed by atoms with Crippen molar-refractivity contribution in [3.8, 4) is 6.07 Å². The number of amides is 1. The van der Waals surface area contributed by atoms with Gasteiger partial charge < -0.3 is 10.1 Å². The molecule has 2 aromatic rings. The van der Waals surface area contributed by atoms with Gasteiger partial charge in [-0.2, -0.15) is 10.2 Å². The van der Waals surface area contributed by atoms with Gasteiger partial charge in [0.25, 0.3) is 11.7 Å². The summed E-state index contributed by atoms with van der Waals surface area (Å²) in [4.78, 5) is 33.0. The van der Waals surface area contributed by atoms with Crippen LogP contribution in [0.25, 0.3) is 5.78 Å². The molecule has 1 aliphatic carbocycles. The van der Waals surface area contributed by atoms with Gasteiger partial charge in [0.15, 0.2) is 6.61 Å². The average molecular weight is 402 g/mol. The van der Waals surface area contributed by atoms with Crippen LogP contribution in [0.4, 0.5) is 0 Å². The Balaban J connectivity index is 1.63. The minimum Gasteiger partial charge on any atom is -0.455 e. The second-order valence-electron chi connectivity index (χ2n) is 6.86. The highest BCUT2D eigenvalue weighted by Gasteiger charge is 2.35. The number of hydrogen-bond acceptors (Lipinski definition) is 8. The number of rotatable bonds is 6. The van der Waals surface area contributed by atoms with Gasteiger partial charge in [-0.25, -0.2) is 9.50 Å². The molecule has 148 valence electrons. The SMILES string of the molecule is CSc1nc2nc(C)c(CC(=O)OCC(=O)NC3(C#N)CCCC3)c(C)n2n1. The Kier molecular flexibility index (Phi) is 5.84. The molecular weight excluding hydrogens is 380 g/mol. The lowest BCUT2D eigenvalue weighted by Gasteiger charge is -2.21. The number of nitrogens with one attached hydrogen (secondary N) is 1. The van der Waals surface area contributed by atoms with Gasteiger partial charge in [-0.15, -0.1) is 5.10 Å². The van der Waals surface area contributed by atoms with Crippen LogP contribution in [0.15, 0.2) is 5.16 Å². The van der Waals surface area contributed by atoms with E-state index in [-0.39, 0.29) is 6.42 Å². The van der Waals surface area contributed by atoms with Crippen LogP contribution >= 0.6 is 11.8 Å². The molecule has 1 saturated carbocycles. The monoisotopic (exact) mass is 402 g/mol. The van der Waals surface area contributed by atoms with E-state index < -0.39 is 24.0 Å². The normalized spacial score (nSPS) is 15.4. The highest BCUT2D eigenvalue weighted by molar-refractivity contribution is 7.98. The van der Waals surface area contributed by atoms with Gasteiger partial charge in [-0.3, -0.25) is 9.59 Å². The first-order valence-electron chi connectivity index (χ1n) is 9.02. The van der Waals surface area contributed by atoms with Crippen molar-refractivity contribution in [1.29, 1.82) is 5.26 Å². The van der Waals surface area contributed by atoms with Crippen LogP contribution in [0, 0.1) is 25.2 Å². The van der Waals surface area contributed by atoms with E-state index in [2.05, 4.69) is 26.5 Å². The molecule has 1 aliphatic rings. The first-order valence-corrected chi connectivity index (χ1v) is 10.2. The molecule has 3 rings (SSSR count). The zero-order valence-corrected chi connectivity index (χ0v) is 16.9. The predicted molar refractivity (Wildman–Crippen MR) is 102 cm³/mol. The topological polar surface area (TPSA) is 122 Å². The van der Waals surface area contributed by atoms with Crippen molar-refractivity contribution in [2.45, 2.75) is 56.6 Å². The quantitative estimate of drug-likeness (QED) is 0.570. The summed E-state index contributed by atoms with van der Waals surface area (Å²) >= 11 is 1.41. The van der Waals surface area contributed by atoms with Crippen LogP contribution in [-0.2, 0) is 20.7 Å². The molecule has 1 N–H and O–H groups in total. The highest BCUT2D eigenvalue weighted by atomic mass is 32.2. The van der Waals surface area contributed by atoms with Gasteiger partial charge in [0.2, 0.25) is 5.16 Å². The number of nitriles is 1. The number of carbonyl (C=O) groups excluding carboxylic acids is 2. The summed E-state index contributed by atoms with van der Waals surface area (Å²) in [6.45, 7) is 3.23. The molecule has 0 aromatic carbocycles. The molecule has 0 atom stereocenters. The van der Waals surface area contributed by atoms with Gasteiger partial charge in [0.05, 0.1) is 12.5 Å². The Labute approximate surface area is 166 Å². The number of esters is 1. The summed E-state index contributed by atoms with van der Waals surface area (Å²) in [7, 11) is 0. The molecular formula is C18H22N6O3S. The average Bonchev–Trinajstić information content (AvgIpc) is 3.30. The van der Waals surface area contributed by atoms with E-state index in [4.69, 9.17) is 4.74 Å². The maximum atomic E-state index is 12.3. The third kappa shape index (κ3) is 4.09. The number of carbonyl (C=O) groups is 2. The van der Waals surface area contributed by atoms with Crippen LogP contribution in [0.3, 0.4) is 0 Å². The lowest BCUT2D eigenvalue weighted by Crippen LogP contribution is -2.46. The summed E-state index contributed by atoms with van der Waals surface area (Å²) in [5.74, 6) is -0.515. The molecule has 2 aromatic heterocycles. The summed E-state index contributed by atoms with van der Waals surface area (Å²) in [5, 5.41) is 17.0. The Hall–Kier alpha value is -2.67. The van der Waals surface area contributed by atoms with E-state index in [0.717, 1.165) is 18.5 Å². The molecule has 0 spiro atoms. The largest absolute Gasteiger partial charge is 0.455 e. The van der Waals surface area contributed by atoms with Gasteiger partial charge in [0.1, 0.15) is 5.54 Å². The zero-order chi connectivity index (χ0) is 20.3. The first kappa shape index (κ1) is 20.1. The number of fused-ring (bicyclic) bond motifs is 1. The highest BCUT2D eigenvalue weighted by Crippen LogP contribution is 2.28. The number of hydrogen-bond donors (Lipinski definition) is 1. The van der Waals surface area contributed by atoms with Crippen molar-refractivity contribution in [1.82, 2.24) is 24.9 Å². The standard InChI is InChI=1S/C18H22N6O3S/c1-11-13(12(2)24-16(20-11)21-17(23-24)28-3)8-15(26)27-9-14(25)22-18(10-19)6-4-5-7-18/h4-9H2,1-3H3,(H,22,25). The maximum Gasteiger partial charge on any atom is 0.310 e. The maximum absolute atomic E-state index is 12.3. The summed E-state index contributed by atoms with van der Waals surface area (Å²) in [5.41, 5.74) is 1.29.